The van der Waals surface area contributed by atoms with Gasteiger partial charge >= 0.3 is 0 Å². The number of ether oxygens (including phenoxy) is 1. The van der Waals surface area contributed by atoms with Gasteiger partial charge in [0.15, 0.2) is 0 Å². The lowest BCUT2D eigenvalue weighted by Gasteiger charge is -2.20. The van der Waals surface area contributed by atoms with Gasteiger partial charge in [0.05, 0.1) is 22.8 Å². The normalized spacial score (nSPS) is 12.5. The van der Waals surface area contributed by atoms with Crippen LogP contribution in [0, 0.1) is 0 Å². The molecule has 5 heteroatoms. The average Bonchev–Trinajstić information content (AvgIpc) is 4.02. The molecule has 2 aliphatic heterocycles. The molecular formula is C50H38N4O. The average molecular weight is 711 g/mol. The summed E-state index contributed by atoms with van der Waals surface area (Å²) in [7, 11) is 0. The molecule has 5 heterocycles. The molecule has 2 aliphatic rings. The quantitative estimate of drug-likeness (QED) is 0.139. The highest BCUT2D eigenvalue weighted by Crippen LogP contribution is 2.45. The molecule has 0 spiro atoms. The number of hydrogen-bond acceptors (Lipinski definition) is 3. The summed E-state index contributed by atoms with van der Waals surface area (Å²) < 4.78 is 6.51. The van der Waals surface area contributed by atoms with Crippen LogP contribution in [0.2, 0.25) is 0 Å². The Morgan fingerprint density at radius 1 is 0.436 bits per heavy atom. The van der Waals surface area contributed by atoms with Gasteiger partial charge < -0.3 is 14.7 Å². The Hall–Kier alpha value is -6.98. The third-order valence-corrected chi connectivity index (χ3v) is 10.5. The fraction of sp³-hybridized carbons (Fsp3) is 0.0800. The minimum atomic E-state index is 0.127. The Morgan fingerprint density at radius 2 is 0.891 bits per heavy atom. The first kappa shape index (κ1) is 32.7. The van der Waals surface area contributed by atoms with Crippen LogP contribution in [0.15, 0.2) is 140 Å². The Morgan fingerprint density at radius 3 is 1.38 bits per heavy atom. The van der Waals surface area contributed by atoms with Crippen LogP contribution in [0.25, 0.3) is 89.5 Å². The zero-order valence-electron chi connectivity index (χ0n) is 30.9. The fourth-order valence-corrected chi connectivity index (χ4v) is 7.80. The van der Waals surface area contributed by atoms with Crippen LogP contribution in [0.1, 0.15) is 49.1 Å². The van der Waals surface area contributed by atoms with Crippen LogP contribution >= 0.6 is 0 Å². The number of rotatable bonds is 2. The van der Waals surface area contributed by atoms with Crippen LogP contribution in [0.4, 0.5) is 0 Å². The Bertz CT molecular complexity index is 2980. The van der Waals surface area contributed by atoms with E-state index in [0.29, 0.717) is 0 Å². The molecule has 0 saturated heterocycles. The van der Waals surface area contributed by atoms with E-state index in [1.54, 1.807) is 0 Å². The number of nitrogens with zero attached hydrogens (tertiary/aromatic N) is 2. The number of benzene rings is 6. The lowest BCUT2D eigenvalue weighted by atomic mass is 9.87. The largest absolute Gasteiger partial charge is 0.457 e. The van der Waals surface area contributed by atoms with Crippen LogP contribution in [0.3, 0.4) is 0 Å². The lowest BCUT2D eigenvalue weighted by molar-refractivity contribution is 0.487. The molecule has 0 saturated carbocycles. The van der Waals surface area contributed by atoms with E-state index in [1.807, 2.05) is 48.6 Å². The molecule has 55 heavy (non-hydrogen) atoms. The first-order chi connectivity index (χ1) is 26.8. The van der Waals surface area contributed by atoms with E-state index in [0.717, 1.165) is 56.3 Å². The van der Waals surface area contributed by atoms with Gasteiger partial charge in [-0.25, -0.2) is 9.97 Å². The maximum Gasteiger partial charge on any atom is 0.135 e. The second-order valence-electron chi connectivity index (χ2n) is 15.3. The van der Waals surface area contributed by atoms with E-state index >= 15 is 0 Å². The lowest BCUT2D eigenvalue weighted by Crippen LogP contribution is -2.10. The van der Waals surface area contributed by atoms with E-state index < -0.39 is 0 Å². The predicted octanol–water partition coefficient (Wildman–Crippen LogP) is 13.5. The molecule has 0 aliphatic carbocycles. The maximum absolute atomic E-state index is 6.51. The monoisotopic (exact) mass is 710 g/mol. The second kappa shape index (κ2) is 12.9. The summed E-state index contributed by atoms with van der Waals surface area (Å²) in [5.74, 6) is 1.78. The van der Waals surface area contributed by atoms with Crippen LogP contribution in [-0.4, -0.2) is 19.9 Å². The van der Waals surface area contributed by atoms with Gasteiger partial charge in [0.2, 0.25) is 0 Å². The Kier molecular flexibility index (Phi) is 7.63. The van der Waals surface area contributed by atoms with Crippen LogP contribution in [0.5, 0.6) is 11.5 Å². The van der Waals surface area contributed by atoms with Crippen molar-refractivity contribution in [3.8, 4) is 11.5 Å². The molecule has 5 nitrogen and oxygen atoms in total. The molecule has 9 aromatic rings. The third kappa shape index (κ3) is 6.20. The van der Waals surface area contributed by atoms with Gasteiger partial charge in [-0.2, -0.15) is 0 Å². The highest BCUT2D eigenvalue weighted by molar-refractivity contribution is 6.34. The topological polar surface area (TPSA) is 66.6 Å². The summed E-state index contributed by atoms with van der Waals surface area (Å²) in [6.45, 7) is 6.70. The van der Waals surface area contributed by atoms with Crippen molar-refractivity contribution in [2.75, 3.05) is 0 Å². The third-order valence-electron chi connectivity index (χ3n) is 10.5. The van der Waals surface area contributed by atoms with Crippen molar-refractivity contribution in [3.63, 3.8) is 0 Å². The highest BCUT2D eigenvalue weighted by Gasteiger charge is 2.17. The molecule has 8 bridgehead atoms. The summed E-state index contributed by atoms with van der Waals surface area (Å²) in [6.07, 6.45) is 8.09. The molecule has 2 N–H and O–H groups in total. The molecule has 0 fully saturated rings. The summed E-state index contributed by atoms with van der Waals surface area (Å²) in [5.41, 5.74) is 9.29. The second-order valence-corrected chi connectivity index (χ2v) is 15.3. The predicted molar refractivity (Wildman–Crippen MR) is 232 cm³/mol. The number of hydrogen-bond donors (Lipinski definition) is 2. The minimum absolute atomic E-state index is 0.127. The van der Waals surface area contributed by atoms with Gasteiger partial charge in [-0.15, -0.1) is 0 Å². The molecule has 11 rings (SSSR count). The number of aromatic amines is 2. The Balaban J connectivity index is 0.000000140. The smallest absolute Gasteiger partial charge is 0.135 e. The number of nitrogens with one attached hydrogen (secondary N) is 2. The zero-order chi connectivity index (χ0) is 37.1. The van der Waals surface area contributed by atoms with Gasteiger partial charge in [0.1, 0.15) is 11.5 Å². The van der Waals surface area contributed by atoms with Crippen molar-refractivity contribution in [3.05, 3.63) is 168 Å². The van der Waals surface area contributed by atoms with Gasteiger partial charge in [-0.05, 0) is 134 Å². The summed E-state index contributed by atoms with van der Waals surface area (Å²) >= 11 is 0. The maximum atomic E-state index is 6.51. The zero-order valence-corrected chi connectivity index (χ0v) is 30.9. The molecule has 0 radical (unpaired) electrons. The molecule has 0 unspecified atom stereocenters. The number of H-pyrrole nitrogens is 2. The summed E-state index contributed by atoms with van der Waals surface area (Å²) in [4.78, 5) is 16.0. The molecule has 6 aromatic carbocycles. The van der Waals surface area contributed by atoms with Crippen molar-refractivity contribution >= 4 is 89.5 Å². The first-order valence-corrected chi connectivity index (χ1v) is 18.7. The standard InChI is InChI=1S/C30H24O.C20H14N4/c1-30(2,3)21-14-16-22(17-15-21)31-26-18-13-20-9-5-11-24-23-10-4-7-19-8-6-12-25(27(19)23)29(26)28(20)24;1-2-14-10-16-5-6-18(23-16)12-20-8-7-19(24-20)11-17-4-3-15(22-17)9-13(1)21-14/h4-18H,1-3H3;1-12,21,24H. The van der Waals surface area contributed by atoms with Crippen LogP contribution in [-0.2, 0) is 5.41 Å². The molecule has 0 atom stereocenters. The number of fused-ring (bicyclic) bond motifs is 10. The van der Waals surface area contributed by atoms with Crippen molar-refractivity contribution in [2.24, 2.45) is 0 Å². The molecule has 0 amide bonds. The molecule has 3 aromatic heterocycles. The number of aromatic nitrogens is 4. The first-order valence-electron chi connectivity index (χ1n) is 18.7. The highest BCUT2D eigenvalue weighted by atomic mass is 16.5. The van der Waals surface area contributed by atoms with Gasteiger partial charge in [0, 0.05) is 32.8 Å². The van der Waals surface area contributed by atoms with E-state index in [9.17, 15) is 0 Å². The van der Waals surface area contributed by atoms with Crippen molar-refractivity contribution in [1.29, 1.82) is 0 Å². The molecule has 264 valence electrons. The van der Waals surface area contributed by atoms with Crippen molar-refractivity contribution < 1.29 is 4.74 Å². The Labute approximate surface area is 318 Å². The van der Waals surface area contributed by atoms with Crippen molar-refractivity contribution in [1.82, 2.24) is 19.9 Å². The van der Waals surface area contributed by atoms with E-state index in [-0.39, 0.29) is 5.41 Å². The van der Waals surface area contributed by atoms with E-state index in [2.05, 4.69) is 156 Å². The van der Waals surface area contributed by atoms with Gasteiger partial charge in [-0.1, -0.05) is 93.6 Å². The SMILES string of the molecule is C1=Cc2cc3ccc(cc4nc(cc5ccc(cc1n2)[nH]5)C=C4)[nH]3.CC(C)(C)c1ccc(Oc2ccc3cccc4c5cccc6cccc(c2c34)c65)cc1. The van der Waals surface area contributed by atoms with Crippen molar-refractivity contribution in [2.45, 2.75) is 26.2 Å². The van der Waals surface area contributed by atoms with Gasteiger partial charge in [0.25, 0.3) is 0 Å². The molecular weight excluding hydrogens is 673 g/mol. The van der Waals surface area contributed by atoms with E-state index in [4.69, 9.17) is 4.74 Å². The summed E-state index contributed by atoms with van der Waals surface area (Å²) in [6, 6.07) is 48.9. The fourth-order valence-electron chi connectivity index (χ4n) is 7.80. The van der Waals surface area contributed by atoms with E-state index in [1.165, 1.54) is 48.7 Å². The minimum Gasteiger partial charge on any atom is -0.457 e. The van der Waals surface area contributed by atoms with Gasteiger partial charge in [-0.3, -0.25) is 0 Å². The summed E-state index contributed by atoms with van der Waals surface area (Å²) in [5, 5.41) is 10.1. The van der Waals surface area contributed by atoms with Crippen LogP contribution < -0.4 is 4.74 Å².